The highest BCUT2D eigenvalue weighted by molar-refractivity contribution is 5.65. The van der Waals surface area contributed by atoms with Crippen LogP contribution in [0.5, 0.6) is 5.75 Å². The van der Waals surface area contributed by atoms with Gasteiger partial charge in [-0.1, -0.05) is 44.9 Å². The van der Waals surface area contributed by atoms with Crippen LogP contribution >= 0.6 is 0 Å². The van der Waals surface area contributed by atoms with Gasteiger partial charge in [-0.25, -0.2) is 13.2 Å². The molecule has 0 aromatic heterocycles. The van der Waals surface area contributed by atoms with Gasteiger partial charge in [0, 0.05) is 5.56 Å². The van der Waals surface area contributed by atoms with Gasteiger partial charge in [-0.05, 0) is 42.5 Å². The molecule has 24 heavy (non-hydrogen) atoms. The lowest BCUT2D eigenvalue weighted by molar-refractivity contribution is 0.301. The molecule has 0 saturated carbocycles. The van der Waals surface area contributed by atoms with Crippen LogP contribution < -0.4 is 4.74 Å². The first-order chi connectivity index (χ1) is 11.6. The lowest BCUT2D eigenvalue weighted by Crippen LogP contribution is -1.99. The normalized spacial score (nSPS) is 10.9. The Morgan fingerprint density at radius 2 is 1.67 bits per heavy atom. The number of hydrogen-bond donors (Lipinski definition) is 0. The van der Waals surface area contributed by atoms with E-state index in [0.717, 1.165) is 25.7 Å². The molecule has 1 nitrogen and oxygen atoms in total. The molecule has 130 valence electrons. The maximum absolute atomic E-state index is 14.4. The summed E-state index contributed by atoms with van der Waals surface area (Å²) in [7, 11) is 0. The van der Waals surface area contributed by atoms with E-state index in [0.29, 0.717) is 24.2 Å². The molecule has 0 bridgehead atoms. The van der Waals surface area contributed by atoms with E-state index >= 15 is 0 Å². The molecule has 0 saturated heterocycles. The molecule has 0 atom stereocenters. The van der Waals surface area contributed by atoms with Crippen molar-refractivity contribution in [3.63, 3.8) is 0 Å². The Morgan fingerprint density at radius 1 is 0.875 bits per heavy atom. The van der Waals surface area contributed by atoms with Gasteiger partial charge in [0.15, 0.2) is 23.2 Å². The molecule has 2 rings (SSSR count). The van der Waals surface area contributed by atoms with Gasteiger partial charge in [-0.3, -0.25) is 0 Å². The van der Waals surface area contributed by atoms with Gasteiger partial charge in [0.05, 0.1) is 6.61 Å². The number of unbranched alkanes of at least 4 members (excludes halogenated alkanes) is 2. The van der Waals surface area contributed by atoms with Gasteiger partial charge in [0.25, 0.3) is 0 Å². The highest BCUT2D eigenvalue weighted by Gasteiger charge is 2.16. The number of ether oxygens (including phenoxy) is 1. The minimum Gasteiger partial charge on any atom is -0.491 e. The lowest BCUT2D eigenvalue weighted by Gasteiger charge is -2.11. The van der Waals surface area contributed by atoms with Crippen molar-refractivity contribution >= 4 is 0 Å². The summed E-state index contributed by atoms with van der Waals surface area (Å²) in [5.41, 5.74) is 0.730. The maximum atomic E-state index is 14.4. The van der Waals surface area contributed by atoms with E-state index in [4.69, 9.17) is 4.74 Å². The van der Waals surface area contributed by atoms with Crippen LogP contribution in [0.1, 0.15) is 45.1 Å². The van der Waals surface area contributed by atoms with Gasteiger partial charge in [-0.15, -0.1) is 0 Å². The van der Waals surface area contributed by atoms with Gasteiger partial charge < -0.3 is 4.74 Å². The predicted molar refractivity (Wildman–Crippen MR) is 90.8 cm³/mol. The third-order valence-corrected chi connectivity index (χ3v) is 3.92. The average molecular weight is 336 g/mol. The number of rotatable bonds is 8. The molecule has 0 aliphatic carbocycles. The standard InChI is InChI=1S/C20H23F3O/c1-3-5-6-7-14-8-10-16(20(23)19(14)22)15-9-11-18(17(21)13-15)24-12-4-2/h8-11,13H,3-7,12H2,1-2H3. The second kappa shape index (κ2) is 8.76. The quantitative estimate of drug-likeness (QED) is 0.515. The van der Waals surface area contributed by atoms with Crippen molar-refractivity contribution in [2.24, 2.45) is 0 Å². The van der Waals surface area contributed by atoms with Crippen LogP contribution in [0.2, 0.25) is 0 Å². The van der Waals surface area contributed by atoms with Crippen LogP contribution in [0, 0.1) is 17.5 Å². The molecular weight excluding hydrogens is 313 g/mol. The van der Waals surface area contributed by atoms with E-state index < -0.39 is 17.5 Å². The van der Waals surface area contributed by atoms with Gasteiger partial charge in [-0.2, -0.15) is 0 Å². The number of hydrogen-bond acceptors (Lipinski definition) is 1. The summed E-state index contributed by atoms with van der Waals surface area (Å²) in [5.74, 6) is -2.22. The van der Waals surface area contributed by atoms with E-state index in [1.54, 1.807) is 12.1 Å². The lowest BCUT2D eigenvalue weighted by atomic mass is 9.99. The fraction of sp³-hybridized carbons (Fsp3) is 0.400. The average Bonchev–Trinajstić information content (AvgIpc) is 2.58. The second-order valence-corrected chi connectivity index (χ2v) is 5.85. The minimum atomic E-state index is -0.925. The summed E-state index contributed by atoms with van der Waals surface area (Å²) in [5, 5.41) is 0. The molecule has 4 heteroatoms. The first-order valence-electron chi connectivity index (χ1n) is 8.48. The largest absolute Gasteiger partial charge is 0.491 e. The predicted octanol–water partition coefficient (Wildman–Crippen LogP) is 6.29. The zero-order valence-electron chi connectivity index (χ0n) is 14.2. The molecule has 0 spiro atoms. The third-order valence-electron chi connectivity index (χ3n) is 3.92. The molecule has 0 amide bonds. The Bertz CT molecular complexity index is 683. The Labute approximate surface area is 141 Å². The molecule has 0 radical (unpaired) electrons. The van der Waals surface area contributed by atoms with Crippen LogP contribution in [0.4, 0.5) is 13.2 Å². The highest BCUT2D eigenvalue weighted by Crippen LogP contribution is 2.30. The second-order valence-electron chi connectivity index (χ2n) is 5.85. The first-order valence-corrected chi connectivity index (χ1v) is 8.48. The highest BCUT2D eigenvalue weighted by atomic mass is 19.2. The van der Waals surface area contributed by atoms with Crippen LogP contribution in [-0.4, -0.2) is 6.61 Å². The van der Waals surface area contributed by atoms with E-state index in [1.165, 1.54) is 18.2 Å². The summed E-state index contributed by atoms with van der Waals surface area (Å²) in [4.78, 5) is 0. The molecule has 0 unspecified atom stereocenters. The van der Waals surface area contributed by atoms with Gasteiger partial charge in [0.2, 0.25) is 0 Å². The van der Waals surface area contributed by atoms with E-state index in [-0.39, 0.29) is 11.3 Å². The summed E-state index contributed by atoms with van der Waals surface area (Å²) in [6, 6.07) is 7.28. The topological polar surface area (TPSA) is 9.23 Å². The first kappa shape index (κ1) is 18.4. The Morgan fingerprint density at radius 3 is 2.33 bits per heavy atom. The van der Waals surface area contributed by atoms with Crippen molar-refractivity contribution < 1.29 is 17.9 Å². The van der Waals surface area contributed by atoms with E-state index in [9.17, 15) is 13.2 Å². The van der Waals surface area contributed by atoms with Crippen LogP contribution in [0.3, 0.4) is 0 Å². The van der Waals surface area contributed by atoms with Crippen molar-refractivity contribution in [1.82, 2.24) is 0 Å². The SMILES string of the molecule is CCCCCc1ccc(-c2ccc(OCCC)c(F)c2)c(F)c1F. The number of benzene rings is 2. The van der Waals surface area contributed by atoms with Crippen molar-refractivity contribution in [3.05, 3.63) is 53.3 Å². The fourth-order valence-electron chi connectivity index (χ4n) is 2.57. The smallest absolute Gasteiger partial charge is 0.166 e. The fourth-order valence-corrected chi connectivity index (χ4v) is 2.57. The van der Waals surface area contributed by atoms with Gasteiger partial charge >= 0.3 is 0 Å². The Hall–Kier alpha value is -1.97. The molecule has 2 aromatic carbocycles. The third kappa shape index (κ3) is 4.31. The number of halogens is 3. The summed E-state index contributed by atoms with van der Waals surface area (Å²) >= 11 is 0. The zero-order chi connectivity index (χ0) is 17.5. The molecular formula is C20H23F3O. The van der Waals surface area contributed by atoms with Gasteiger partial charge in [0.1, 0.15) is 0 Å². The van der Waals surface area contributed by atoms with Crippen LogP contribution in [-0.2, 0) is 6.42 Å². The summed E-state index contributed by atoms with van der Waals surface area (Å²) < 4.78 is 47.9. The Balaban J connectivity index is 2.25. The van der Waals surface area contributed by atoms with Crippen LogP contribution in [0.25, 0.3) is 11.1 Å². The van der Waals surface area contributed by atoms with E-state index in [2.05, 4.69) is 6.92 Å². The summed E-state index contributed by atoms with van der Waals surface area (Å²) in [6.07, 6.45) is 4.10. The maximum Gasteiger partial charge on any atom is 0.166 e. The van der Waals surface area contributed by atoms with Crippen LogP contribution in [0.15, 0.2) is 30.3 Å². The summed E-state index contributed by atoms with van der Waals surface area (Å²) in [6.45, 7) is 4.39. The Kier molecular flexibility index (Phi) is 6.71. The van der Waals surface area contributed by atoms with Crippen molar-refractivity contribution in [1.29, 1.82) is 0 Å². The molecule has 0 N–H and O–H groups in total. The molecule has 0 fully saturated rings. The molecule has 0 aliphatic heterocycles. The number of aryl methyl sites for hydroxylation is 1. The van der Waals surface area contributed by atoms with Crippen molar-refractivity contribution in [2.45, 2.75) is 46.0 Å². The molecule has 0 aliphatic rings. The van der Waals surface area contributed by atoms with Crippen molar-refractivity contribution in [2.75, 3.05) is 6.61 Å². The van der Waals surface area contributed by atoms with Crippen molar-refractivity contribution in [3.8, 4) is 16.9 Å². The van der Waals surface area contributed by atoms with E-state index in [1.807, 2.05) is 6.92 Å². The molecule has 0 heterocycles. The molecule has 2 aromatic rings. The minimum absolute atomic E-state index is 0.0627. The zero-order valence-corrected chi connectivity index (χ0v) is 14.2. The monoisotopic (exact) mass is 336 g/mol.